The van der Waals surface area contributed by atoms with E-state index in [1.54, 1.807) is 18.5 Å². The summed E-state index contributed by atoms with van der Waals surface area (Å²) in [4.78, 5) is 17.7. The molecule has 0 radical (unpaired) electrons. The van der Waals surface area contributed by atoms with Gasteiger partial charge in [0.15, 0.2) is 11.4 Å². The monoisotopic (exact) mass is 365 g/mol. The van der Waals surface area contributed by atoms with E-state index in [0.717, 1.165) is 24.9 Å². The Kier molecular flexibility index (Phi) is 4.77. The van der Waals surface area contributed by atoms with Crippen molar-refractivity contribution in [1.29, 1.82) is 0 Å². The highest BCUT2D eigenvalue weighted by molar-refractivity contribution is 6.06. The molecule has 140 valence electrons. The molecule has 0 saturated carbocycles. The highest BCUT2D eigenvalue weighted by atomic mass is 16.3. The first kappa shape index (κ1) is 17.5. The molecule has 27 heavy (non-hydrogen) atoms. The van der Waals surface area contributed by atoms with Gasteiger partial charge in [-0.05, 0) is 45.0 Å². The summed E-state index contributed by atoms with van der Waals surface area (Å²) in [5.41, 5.74) is 3.12. The zero-order chi connectivity index (χ0) is 18.8. The molecule has 1 amide bonds. The zero-order valence-corrected chi connectivity index (χ0v) is 15.5. The fraction of sp³-hybridized carbons (Fsp3) is 0.350. The zero-order valence-electron chi connectivity index (χ0n) is 15.5. The van der Waals surface area contributed by atoms with E-state index in [-0.39, 0.29) is 11.9 Å². The number of hydrogen-bond acceptors (Lipinski definition) is 5. The van der Waals surface area contributed by atoms with Crippen molar-refractivity contribution in [1.82, 2.24) is 25.4 Å². The second-order valence-electron chi connectivity index (χ2n) is 6.95. The maximum absolute atomic E-state index is 13.0. The van der Waals surface area contributed by atoms with E-state index in [1.165, 1.54) is 5.57 Å². The number of carbonyl (C=O) groups is 1. The molecule has 7 heteroatoms. The van der Waals surface area contributed by atoms with Gasteiger partial charge in [0.05, 0.1) is 23.4 Å². The molecule has 4 rings (SSSR count). The number of nitrogens with zero attached hydrogens (tertiary/aromatic N) is 3. The third-order valence-electron chi connectivity index (χ3n) is 4.71. The Morgan fingerprint density at radius 3 is 3.04 bits per heavy atom. The van der Waals surface area contributed by atoms with Crippen LogP contribution in [0.25, 0.3) is 22.5 Å². The Balaban J connectivity index is 1.71. The van der Waals surface area contributed by atoms with Crippen molar-refractivity contribution in [2.45, 2.75) is 26.3 Å². The molecule has 0 aliphatic carbocycles. The number of aromatic nitrogens is 3. The highest BCUT2D eigenvalue weighted by Crippen LogP contribution is 2.26. The Hall–Kier alpha value is -2.93. The van der Waals surface area contributed by atoms with E-state index in [0.29, 0.717) is 29.2 Å². The molecule has 7 nitrogen and oxygen atoms in total. The predicted octanol–water partition coefficient (Wildman–Crippen LogP) is 2.92. The van der Waals surface area contributed by atoms with Gasteiger partial charge in [0, 0.05) is 19.1 Å². The van der Waals surface area contributed by atoms with Crippen molar-refractivity contribution in [3.63, 3.8) is 0 Å². The van der Waals surface area contributed by atoms with E-state index >= 15 is 0 Å². The Morgan fingerprint density at radius 1 is 1.44 bits per heavy atom. The fourth-order valence-electron chi connectivity index (χ4n) is 3.25. The summed E-state index contributed by atoms with van der Waals surface area (Å²) < 4.78 is 7.32. The van der Waals surface area contributed by atoms with Gasteiger partial charge in [-0.2, -0.15) is 5.10 Å². The summed E-state index contributed by atoms with van der Waals surface area (Å²) in [5.74, 6) is 0.501. The number of hydrogen-bond donors (Lipinski definition) is 2. The normalized spacial score (nSPS) is 14.6. The number of fused-ring (bicyclic) bond motifs is 1. The topological polar surface area (TPSA) is 85.0 Å². The number of nitrogens with one attached hydrogen (secondary N) is 2. The van der Waals surface area contributed by atoms with Crippen LogP contribution in [-0.4, -0.2) is 40.3 Å². The van der Waals surface area contributed by atoms with Crippen LogP contribution in [0.3, 0.4) is 0 Å². The van der Waals surface area contributed by atoms with Gasteiger partial charge in [-0.25, -0.2) is 9.67 Å². The average molecular weight is 365 g/mol. The van der Waals surface area contributed by atoms with Gasteiger partial charge in [-0.1, -0.05) is 11.6 Å². The molecule has 3 aromatic heterocycles. The van der Waals surface area contributed by atoms with Crippen molar-refractivity contribution in [3.05, 3.63) is 47.9 Å². The minimum atomic E-state index is -0.127. The molecule has 2 N–H and O–H groups in total. The average Bonchev–Trinajstić information content (AvgIpc) is 3.35. The van der Waals surface area contributed by atoms with Gasteiger partial charge < -0.3 is 15.1 Å². The van der Waals surface area contributed by atoms with Crippen LogP contribution >= 0.6 is 0 Å². The fourth-order valence-corrected chi connectivity index (χ4v) is 3.25. The molecule has 0 atom stereocenters. The van der Waals surface area contributed by atoms with E-state index in [9.17, 15) is 4.79 Å². The Morgan fingerprint density at radius 2 is 2.33 bits per heavy atom. The van der Waals surface area contributed by atoms with Gasteiger partial charge in [-0.3, -0.25) is 4.79 Å². The first-order valence-corrected chi connectivity index (χ1v) is 9.22. The van der Waals surface area contributed by atoms with Gasteiger partial charge in [-0.15, -0.1) is 0 Å². The molecule has 0 saturated heterocycles. The SMILES string of the molecule is CC(C)n1ncc2c(C(=O)NCC3=CCNCC3)cc(-c3ccco3)nc21. The summed E-state index contributed by atoms with van der Waals surface area (Å²) in [6.07, 6.45) is 6.41. The van der Waals surface area contributed by atoms with Gasteiger partial charge in [0.25, 0.3) is 5.91 Å². The quantitative estimate of drug-likeness (QED) is 0.679. The second kappa shape index (κ2) is 7.36. The maximum atomic E-state index is 13.0. The van der Waals surface area contributed by atoms with Crippen LogP contribution in [0, 0.1) is 0 Å². The molecule has 0 fully saturated rings. The number of amides is 1. The summed E-state index contributed by atoms with van der Waals surface area (Å²) in [5, 5.41) is 11.5. The third kappa shape index (κ3) is 3.50. The number of furan rings is 1. The van der Waals surface area contributed by atoms with Crippen molar-refractivity contribution in [2.75, 3.05) is 19.6 Å². The van der Waals surface area contributed by atoms with Crippen molar-refractivity contribution >= 4 is 16.9 Å². The van der Waals surface area contributed by atoms with Gasteiger partial charge in [0.2, 0.25) is 0 Å². The smallest absolute Gasteiger partial charge is 0.252 e. The van der Waals surface area contributed by atoms with E-state index < -0.39 is 0 Å². The third-order valence-corrected chi connectivity index (χ3v) is 4.71. The first-order valence-electron chi connectivity index (χ1n) is 9.22. The molecule has 1 aliphatic heterocycles. The Bertz CT molecular complexity index is 985. The van der Waals surface area contributed by atoms with E-state index in [4.69, 9.17) is 9.40 Å². The van der Waals surface area contributed by atoms with Crippen LogP contribution in [0.2, 0.25) is 0 Å². The summed E-state index contributed by atoms with van der Waals surface area (Å²) in [6, 6.07) is 5.56. The van der Waals surface area contributed by atoms with Crippen LogP contribution in [0.15, 0.2) is 46.7 Å². The lowest BCUT2D eigenvalue weighted by molar-refractivity contribution is 0.0958. The summed E-state index contributed by atoms with van der Waals surface area (Å²) in [6.45, 7) is 6.44. The van der Waals surface area contributed by atoms with Crippen LogP contribution in [0.5, 0.6) is 0 Å². The minimum Gasteiger partial charge on any atom is -0.463 e. The standard InChI is InChI=1S/C20H23N5O2/c1-13(2)25-19-16(12-23-25)15(10-17(24-19)18-4-3-9-27-18)20(26)22-11-14-5-7-21-8-6-14/h3-5,9-10,12-13,21H,6-8,11H2,1-2H3,(H,22,26). The number of rotatable bonds is 5. The summed E-state index contributed by atoms with van der Waals surface area (Å²) >= 11 is 0. The molecule has 0 aromatic carbocycles. The lowest BCUT2D eigenvalue weighted by atomic mass is 10.1. The molecule has 3 aromatic rings. The molecule has 0 unspecified atom stereocenters. The highest BCUT2D eigenvalue weighted by Gasteiger charge is 2.19. The lowest BCUT2D eigenvalue weighted by Crippen LogP contribution is -2.29. The number of pyridine rings is 1. The Labute approximate surface area is 157 Å². The lowest BCUT2D eigenvalue weighted by Gasteiger charge is -2.15. The molecule has 4 heterocycles. The van der Waals surface area contributed by atoms with E-state index in [2.05, 4.69) is 21.8 Å². The second-order valence-corrected chi connectivity index (χ2v) is 6.95. The molecule has 1 aliphatic rings. The van der Waals surface area contributed by atoms with Crippen molar-refractivity contribution < 1.29 is 9.21 Å². The predicted molar refractivity (Wildman–Crippen MR) is 104 cm³/mol. The number of carbonyl (C=O) groups excluding carboxylic acids is 1. The van der Waals surface area contributed by atoms with Crippen molar-refractivity contribution in [3.8, 4) is 11.5 Å². The van der Waals surface area contributed by atoms with Gasteiger partial charge >= 0.3 is 0 Å². The van der Waals surface area contributed by atoms with Crippen molar-refractivity contribution in [2.24, 2.45) is 0 Å². The van der Waals surface area contributed by atoms with Crippen LogP contribution < -0.4 is 10.6 Å². The molecule has 0 spiro atoms. The van der Waals surface area contributed by atoms with Gasteiger partial charge in [0.1, 0.15) is 5.69 Å². The van der Waals surface area contributed by atoms with Crippen LogP contribution in [0.1, 0.15) is 36.7 Å². The molecular weight excluding hydrogens is 342 g/mol. The maximum Gasteiger partial charge on any atom is 0.252 e. The van der Waals surface area contributed by atoms with Crippen LogP contribution in [-0.2, 0) is 0 Å². The summed E-state index contributed by atoms with van der Waals surface area (Å²) in [7, 11) is 0. The van der Waals surface area contributed by atoms with Crippen LogP contribution in [0.4, 0.5) is 0 Å². The van der Waals surface area contributed by atoms with E-state index in [1.807, 2.05) is 30.7 Å². The first-order chi connectivity index (χ1) is 13.1. The molecular formula is C20H23N5O2. The largest absolute Gasteiger partial charge is 0.463 e. The molecule has 0 bridgehead atoms. The minimum absolute atomic E-state index is 0.127.